The predicted octanol–water partition coefficient (Wildman–Crippen LogP) is 3.32. The zero-order chi connectivity index (χ0) is 9.80. The SMILES string of the molecule is Cl[C@H](C1CCCCC1)[C@@H]1CCCCN1. The van der Waals surface area contributed by atoms with Crippen LogP contribution in [0.3, 0.4) is 0 Å². The van der Waals surface area contributed by atoms with Gasteiger partial charge in [-0.3, -0.25) is 0 Å². The Balaban J connectivity index is 1.82. The second-order valence-corrected chi connectivity index (χ2v) is 5.40. The molecule has 1 saturated heterocycles. The Bertz CT molecular complexity index is 142. The maximum absolute atomic E-state index is 6.58. The van der Waals surface area contributed by atoms with Crippen molar-refractivity contribution in [3.8, 4) is 0 Å². The molecule has 1 aliphatic heterocycles. The van der Waals surface area contributed by atoms with Crippen LogP contribution in [0.25, 0.3) is 0 Å². The summed E-state index contributed by atoms with van der Waals surface area (Å²) in [5, 5.41) is 3.98. The van der Waals surface area contributed by atoms with Gasteiger partial charge in [0.15, 0.2) is 0 Å². The maximum atomic E-state index is 6.58. The average molecular weight is 216 g/mol. The molecular weight excluding hydrogens is 194 g/mol. The third-order valence-corrected chi connectivity index (χ3v) is 4.49. The highest BCUT2D eigenvalue weighted by atomic mass is 35.5. The van der Waals surface area contributed by atoms with Crippen molar-refractivity contribution < 1.29 is 0 Å². The first-order valence-electron chi connectivity index (χ1n) is 6.25. The fraction of sp³-hybridized carbons (Fsp3) is 1.00. The van der Waals surface area contributed by atoms with Gasteiger partial charge in [-0.15, -0.1) is 11.6 Å². The first kappa shape index (κ1) is 10.8. The van der Waals surface area contributed by atoms with Crippen LogP contribution < -0.4 is 5.32 Å². The monoisotopic (exact) mass is 215 g/mol. The lowest BCUT2D eigenvalue weighted by Gasteiger charge is -2.34. The summed E-state index contributed by atoms with van der Waals surface area (Å²) < 4.78 is 0. The molecule has 14 heavy (non-hydrogen) atoms. The second-order valence-electron chi connectivity index (χ2n) is 4.90. The molecule has 0 aromatic heterocycles. The number of nitrogens with one attached hydrogen (secondary N) is 1. The van der Waals surface area contributed by atoms with Crippen LogP contribution in [0.2, 0.25) is 0 Å². The topological polar surface area (TPSA) is 12.0 Å². The van der Waals surface area contributed by atoms with E-state index in [4.69, 9.17) is 11.6 Å². The van der Waals surface area contributed by atoms with Gasteiger partial charge in [-0.05, 0) is 38.1 Å². The Hall–Kier alpha value is 0.250. The van der Waals surface area contributed by atoms with Gasteiger partial charge in [-0.2, -0.15) is 0 Å². The summed E-state index contributed by atoms with van der Waals surface area (Å²) >= 11 is 6.58. The smallest absolute Gasteiger partial charge is 0.0517 e. The van der Waals surface area contributed by atoms with Crippen molar-refractivity contribution in [1.29, 1.82) is 0 Å². The van der Waals surface area contributed by atoms with E-state index < -0.39 is 0 Å². The minimum Gasteiger partial charge on any atom is -0.313 e. The summed E-state index contributed by atoms with van der Waals surface area (Å²) in [6.45, 7) is 1.18. The Labute approximate surface area is 92.6 Å². The highest BCUT2D eigenvalue weighted by molar-refractivity contribution is 6.21. The molecule has 0 amide bonds. The minimum atomic E-state index is 0.399. The second kappa shape index (κ2) is 5.37. The third kappa shape index (κ3) is 2.64. The van der Waals surface area contributed by atoms with E-state index >= 15 is 0 Å². The van der Waals surface area contributed by atoms with Crippen LogP contribution in [-0.2, 0) is 0 Å². The average Bonchev–Trinajstić information content (AvgIpc) is 2.30. The molecule has 0 unspecified atom stereocenters. The summed E-state index contributed by atoms with van der Waals surface area (Å²) in [6.07, 6.45) is 11.0. The number of halogens is 1. The van der Waals surface area contributed by atoms with Gasteiger partial charge in [0.05, 0.1) is 5.38 Å². The number of hydrogen-bond donors (Lipinski definition) is 1. The molecular formula is C12H22ClN. The highest BCUT2D eigenvalue weighted by Crippen LogP contribution is 2.32. The first-order chi connectivity index (χ1) is 6.88. The number of hydrogen-bond acceptors (Lipinski definition) is 1. The normalized spacial score (nSPS) is 32.8. The summed E-state index contributed by atoms with van der Waals surface area (Å²) in [7, 11) is 0. The van der Waals surface area contributed by atoms with Gasteiger partial charge in [0.1, 0.15) is 0 Å². The molecule has 2 atom stereocenters. The van der Waals surface area contributed by atoms with Gasteiger partial charge in [-0.1, -0.05) is 25.7 Å². The lowest BCUT2D eigenvalue weighted by atomic mass is 9.83. The van der Waals surface area contributed by atoms with Crippen molar-refractivity contribution in [1.82, 2.24) is 5.32 Å². The Morgan fingerprint density at radius 3 is 2.29 bits per heavy atom. The Morgan fingerprint density at radius 1 is 0.929 bits per heavy atom. The maximum Gasteiger partial charge on any atom is 0.0517 e. The van der Waals surface area contributed by atoms with Crippen LogP contribution >= 0.6 is 11.6 Å². The van der Waals surface area contributed by atoms with Crippen molar-refractivity contribution >= 4 is 11.6 Å². The molecule has 1 N–H and O–H groups in total. The molecule has 0 spiro atoms. The van der Waals surface area contributed by atoms with Crippen LogP contribution in [0.15, 0.2) is 0 Å². The van der Waals surface area contributed by atoms with E-state index in [-0.39, 0.29) is 0 Å². The minimum absolute atomic E-state index is 0.399. The van der Waals surface area contributed by atoms with Crippen molar-refractivity contribution in [3.63, 3.8) is 0 Å². The molecule has 0 radical (unpaired) electrons. The predicted molar refractivity (Wildman–Crippen MR) is 61.9 cm³/mol. The van der Waals surface area contributed by atoms with Crippen molar-refractivity contribution in [2.45, 2.75) is 62.8 Å². The standard InChI is InChI=1S/C12H22ClN/c13-12(10-6-2-1-3-7-10)11-8-4-5-9-14-11/h10-12,14H,1-9H2/t11-,12+/m0/s1. The van der Waals surface area contributed by atoms with E-state index in [1.54, 1.807) is 0 Å². The Kier molecular flexibility index (Phi) is 4.12. The summed E-state index contributed by atoms with van der Waals surface area (Å²) in [5.74, 6) is 0.793. The van der Waals surface area contributed by atoms with E-state index in [2.05, 4.69) is 5.32 Å². The van der Waals surface area contributed by atoms with Gasteiger partial charge < -0.3 is 5.32 Å². The zero-order valence-corrected chi connectivity index (χ0v) is 9.73. The highest BCUT2D eigenvalue weighted by Gasteiger charge is 2.29. The molecule has 2 heteroatoms. The van der Waals surface area contributed by atoms with E-state index in [1.165, 1.54) is 57.9 Å². The van der Waals surface area contributed by atoms with Crippen LogP contribution in [0.1, 0.15) is 51.4 Å². The van der Waals surface area contributed by atoms with E-state index in [0.29, 0.717) is 11.4 Å². The molecule has 1 heterocycles. The molecule has 1 nitrogen and oxygen atoms in total. The third-order valence-electron chi connectivity index (χ3n) is 3.83. The van der Waals surface area contributed by atoms with Crippen LogP contribution in [0.5, 0.6) is 0 Å². The first-order valence-corrected chi connectivity index (χ1v) is 6.69. The zero-order valence-electron chi connectivity index (χ0n) is 8.97. The largest absolute Gasteiger partial charge is 0.313 e. The van der Waals surface area contributed by atoms with E-state index in [0.717, 1.165) is 5.92 Å². The summed E-state index contributed by atoms with van der Waals surface area (Å²) in [4.78, 5) is 0. The van der Waals surface area contributed by atoms with Crippen LogP contribution in [0.4, 0.5) is 0 Å². The Morgan fingerprint density at radius 2 is 1.64 bits per heavy atom. The van der Waals surface area contributed by atoms with E-state index in [9.17, 15) is 0 Å². The lowest BCUT2D eigenvalue weighted by molar-refractivity contribution is 0.279. The summed E-state index contributed by atoms with van der Waals surface area (Å²) in [6, 6.07) is 0.605. The number of alkyl halides is 1. The number of rotatable bonds is 2. The quantitative estimate of drug-likeness (QED) is 0.697. The molecule has 2 rings (SSSR count). The van der Waals surface area contributed by atoms with Gasteiger partial charge in [-0.25, -0.2) is 0 Å². The summed E-state index contributed by atoms with van der Waals surface area (Å²) in [5.41, 5.74) is 0. The molecule has 1 aliphatic carbocycles. The molecule has 82 valence electrons. The van der Waals surface area contributed by atoms with Crippen LogP contribution in [-0.4, -0.2) is 18.0 Å². The van der Waals surface area contributed by atoms with Crippen molar-refractivity contribution in [2.75, 3.05) is 6.54 Å². The van der Waals surface area contributed by atoms with E-state index in [1.807, 2.05) is 0 Å². The van der Waals surface area contributed by atoms with Crippen molar-refractivity contribution in [2.24, 2.45) is 5.92 Å². The number of piperidine rings is 1. The fourth-order valence-electron chi connectivity index (χ4n) is 2.93. The van der Waals surface area contributed by atoms with Gasteiger partial charge in [0, 0.05) is 6.04 Å². The van der Waals surface area contributed by atoms with Gasteiger partial charge in [0.25, 0.3) is 0 Å². The fourth-order valence-corrected chi connectivity index (χ4v) is 3.40. The van der Waals surface area contributed by atoms with Gasteiger partial charge >= 0.3 is 0 Å². The molecule has 0 bridgehead atoms. The molecule has 0 aromatic carbocycles. The molecule has 2 fully saturated rings. The van der Waals surface area contributed by atoms with Crippen LogP contribution in [0, 0.1) is 5.92 Å². The molecule has 2 aliphatic rings. The molecule has 1 saturated carbocycles. The van der Waals surface area contributed by atoms with Crippen molar-refractivity contribution in [3.05, 3.63) is 0 Å². The molecule has 0 aromatic rings. The lowest BCUT2D eigenvalue weighted by Crippen LogP contribution is -2.44. The van der Waals surface area contributed by atoms with Gasteiger partial charge in [0.2, 0.25) is 0 Å².